The molecule has 0 aliphatic heterocycles. The third-order valence-electron chi connectivity index (χ3n) is 6.69. The van der Waals surface area contributed by atoms with Crippen molar-refractivity contribution in [2.24, 2.45) is 0 Å². The van der Waals surface area contributed by atoms with Gasteiger partial charge in [-0.05, 0) is 61.4 Å². The SMILES string of the molecule is CCCCCN(C(=O)COc1ccc(Cl)cc1)C(CC)c1nc2ccccc2c(=O)n1-c1ccccc1OC. The monoisotopic (exact) mass is 547 g/mol. The number of hydrogen-bond acceptors (Lipinski definition) is 5. The highest BCUT2D eigenvalue weighted by Gasteiger charge is 2.29. The number of aromatic nitrogens is 2. The van der Waals surface area contributed by atoms with Crippen molar-refractivity contribution in [2.45, 2.75) is 45.6 Å². The van der Waals surface area contributed by atoms with Crippen LogP contribution in [0.25, 0.3) is 16.6 Å². The van der Waals surface area contributed by atoms with E-state index in [-0.39, 0.29) is 18.1 Å². The summed E-state index contributed by atoms with van der Waals surface area (Å²) in [5, 5.41) is 1.09. The van der Waals surface area contributed by atoms with Crippen molar-refractivity contribution in [1.82, 2.24) is 14.5 Å². The van der Waals surface area contributed by atoms with E-state index in [2.05, 4.69) is 6.92 Å². The molecule has 8 heteroatoms. The van der Waals surface area contributed by atoms with Gasteiger partial charge in [0.15, 0.2) is 6.61 Å². The zero-order chi connectivity index (χ0) is 27.8. The molecule has 0 aliphatic carbocycles. The number of rotatable bonds is 12. The van der Waals surface area contributed by atoms with Gasteiger partial charge in [-0.25, -0.2) is 4.98 Å². The number of benzene rings is 3. The molecule has 1 heterocycles. The van der Waals surface area contributed by atoms with Crippen LogP contribution in [-0.2, 0) is 4.79 Å². The molecular formula is C31H34ClN3O4. The highest BCUT2D eigenvalue weighted by Crippen LogP contribution is 2.30. The van der Waals surface area contributed by atoms with Gasteiger partial charge in [0.25, 0.3) is 11.5 Å². The minimum atomic E-state index is -0.467. The van der Waals surface area contributed by atoms with Crippen LogP contribution < -0.4 is 15.0 Å². The Bertz CT molecular complexity index is 1470. The van der Waals surface area contributed by atoms with Crippen LogP contribution in [0.2, 0.25) is 5.02 Å². The summed E-state index contributed by atoms with van der Waals surface area (Å²) in [7, 11) is 1.57. The first-order chi connectivity index (χ1) is 19.0. The highest BCUT2D eigenvalue weighted by atomic mass is 35.5. The first-order valence-electron chi connectivity index (χ1n) is 13.3. The summed E-state index contributed by atoms with van der Waals surface area (Å²) in [6.07, 6.45) is 3.37. The number of ether oxygens (including phenoxy) is 2. The summed E-state index contributed by atoms with van der Waals surface area (Å²) < 4.78 is 13.0. The Kier molecular flexibility index (Phi) is 9.60. The maximum atomic E-state index is 14.0. The Hall–Kier alpha value is -3.84. The Morgan fingerprint density at radius 1 is 1.00 bits per heavy atom. The molecule has 0 fully saturated rings. The molecule has 0 N–H and O–H groups in total. The smallest absolute Gasteiger partial charge is 0.266 e. The molecule has 0 aliphatic rings. The van der Waals surface area contributed by atoms with Crippen LogP contribution in [0, 0.1) is 0 Å². The number of unbranched alkanes of at least 4 members (excludes halogenated alkanes) is 2. The van der Waals surface area contributed by atoms with Crippen molar-refractivity contribution in [1.29, 1.82) is 0 Å². The van der Waals surface area contributed by atoms with E-state index in [1.807, 2.05) is 49.4 Å². The van der Waals surface area contributed by atoms with E-state index in [0.717, 1.165) is 19.3 Å². The molecule has 4 rings (SSSR count). The molecule has 204 valence electrons. The second-order valence-corrected chi connectivity index (χ2v) is 9.70. The molecular weight excluding hydrogens is 514 g/mol. The summed E-state index contributed by atoms with van der Waals surface area (Å²) in [6.45, 7) is 4.50. The van der Waals surface area contributed by atoms with Crippen molar-refractivity contribution < 1.29 is 14.3 Å². The molecule has 1 aromatic heterocycles. The van der Waals surface area contributed by atoms with Crippen LogP contribution >= 0.6 is 11.6 Å². The Morgan fingerprint density at radius 2 is 1.72 bits per heavy atom. The number of fused-ring (bicyclic) bond motifs is 1. The molecule has 0 saturated heterocycles. The van der Waals surface area contributed by atoms with E-state index in [0.29, 0.717) is 51.9 Å². The predicted octanol–water partition coefficient (Wildman–Crippen LogP) is 6.60. The summed E-state index contributed by atoms with van der Waals surface area (Å²) in [5.41, 5.74) is 0.951. The zero-order valence-corrected chi connectivity index (χ0v) is 23.4. The average Bonchev–Trinajstić information content (AvgIpc) is 2.96. The number of carbonyl (C=O) groups is 1. The molecule has 0 radical (unpaired) electrons. The summed E-state index contributed by atoms with van der Waals surface area (Å²) in [6, 6.07) is 21.1. The van der Waals surface area contributed by atoms with Crippen molar-refractivity contribution >= 4 is 28.4 Å². The molecule has 39 heavy (non-hydrogen) atoms. The van der Waals surface area contributed by atoms with Gasteiger partial charge in [0.05, 0.1) is 29.7 Å². The maximum absolute atomic E-state index is 14.0. The second kappa shape index (κ2) is 13.3. The number of carbonyl (C=O) groups excluding carboxylic acids is 1. The maximum Gasteiger partial charge on any atom is 0.266 e. The first-order valence-corrected chi connectivity index (χ1v) is 13.7. The highest BCUT2D eigenvalue weighted by molar-refractivity contribution is 6.30. The molecule has 7 nitrogen and oxygen atoms in total. The van der Waals surface area contributed by atoms with Gasteiger partial charge in [0, 0.05) is 11.6 Å². The van der Waals surface area contributed by atoms with Gasteiger partial charge < -0.3 is 14.4 Å². The van der Waals surface area contributed by atoms with E-state index in [9.17, 15) is 9.59 Å². The average molecular weight is 548 g/mol. The van der Waals surface area contributed by atoms with Gasteiger partial charge in [0.2, 0.25) is 0 Å². The fourth-order valence-corrected chi connectivity index (χ4v) is 4.83. The number of para-hydroxylation sites is 3. The van der Waals surface area contributed by atoms with E-state index in [1.165, 1.54) is 0 Å². The van der Waals surface area contributed by atoms with Crippen LogP contribution in [0.3, 0.4) is 0 Å². The van der Waals surface area contributed by atoms with Gasteiger partial charge in [-0.15, -0.1) is 0 Å². The lowest BCUT2D eigenvalue weighted by atomic mass is 10.1. The van der Waals surface area contributed by atoms with Gasteiger partial charge in [-0.3, -0.25) is 14.2 Å². The normalized spacial score (nSPS) is 11.8. The van der Waals surface area contributed by atoms with Gasteiger partial charge in [0.1, 0.15) is 17.3 Å². The fraction of sp³-hybridized carbons (Fsp3) is 0.323. The number of halogens is 1. The van der Waals surface area contributed by atoms with Crippen LogP contribution in [0.5, 0.6) is 11.5 Å². The first kappa shape index (κ1) is 28.2. The topological polar surface area (TPSA) is 73.7 Å². The number of hydrogen-bond donors (Lipinski definition) is 0. The van der Waals surface area contributed by atoms with Gasteiger partial charge in [-0.1, -0.05) is 62.6 Å². The van der Waals surface area contributed by atoms with Crippen molar-refractivity contribution in [2.75, 3.05) is 20.3 Å². The molecule has 1 unspecified atom stereocenters. The number of methoxy groups -OCH3 is 1. The van der Waals surface area contributed by atoms with Crippen LogP contribution in [0.15, 0.2) is 77.6 Å². The molecule has 1 atom stereocenters. The zero-order valence-electron chi connectivity index (χ0n) is 22.6. The number of amides is 1. The van der Waals surface area contributed by atoms with Crippen molar-refractivity contribution in [3.05, 3.63) is 94.0 Å². The quantitative estimate of drug-likeness (QED) is 0.187. The summed E-state index contributed by atoms with van der Waals surface area (Å²) >= 11 is 5.99. The Balaban J connectivity index is 1.81. The van der Waals surface area contributed by atoms with Gasteiger partial charge in [-0.2, -0.15) is 0 Å². The Morgan fingerprint density at radius 3 is 2.44 bits per heavy atom. The fourth-order valence-electron chi connectivity index (χ4n) is 4.71. The summed E-state index contributed by atoms with van der Waals surface area (Å²) in [5.74, 6) is 1.41. The van der Waals surface area contributed by atoms with Crippen molar-refractivity contribution in [3.8, 4) is 17.2 Å². The van der Waals surface area contributed by atoms with E-state index >= 15 is 0 Å². The summed E-state index contributed by atoms with van der Waals surface area (Å²) in [4.78, 5) is 34.4. The van der Waals surface area contributed by atoms with Crippen molar-refractivity contribution in [3.63, 3.8) is 0 Å². The molecule has 0 spiro atoms. The second-order valence-electron chi connectivity index (χ2n) is 9.26. The lowest BCUT2D eigenvalue weighted by Gasteiger charge is -2.32. The lowest BCUT2D eigenvalue weighted by molar-refractivity contribution is -0.136. The third kappa shape index (κ3) is 6.42. The minimum absolute atomic E-state index is 0.142. The van der Waals surface area contributed by atoms with Crippen LogP contribution in [0.4, 0.5) is 0 Å². The molecule has 4 aromatic rings. The molecule has 0 bridgehead atoms. The number of nitrogens with zero attached hydrogens (tertiary/aromatic N) is 3. The van der Waals surface area contributed by atoms with E-state index in [4.69, 9.17) is 26.1 Å². The molecule has 0 saturated carbocycles. The van der Waals surface area contributed by atoms with E-state index in [1.54, 1.807) is 46.9 Å². The van der Waals surface area contributed by atoms with Crippen LogP contribution in [0.1, 0.15) is 51.4 Å². The standard InChI is InChI=1S/C31H34ClN3O4/c1-4-6-11-20-34(29(36)21-39-23-18-16-22(32)17-19-23)26(5-2)30-33-25-13-8-7-12-24(25)31(37)35(30)27-14-9-10-15-28(27)38-3/h7-10,12-19,26H,4-6,11,20-21H2,1-3H3. The largest absolute Gasteiger partial charge is 0.495 e. The molecule has 1 amide bonds. The Labute approximate surface area is 234 Å². The molecule has 3 aromatic carbocycles. The van der Waals surface area contributed by atoms with Gasteiger partial charge >= 0.3 is 0 Å². The minimum Gasteiger partial charge on any atom is -0.495 e. The third-order valence-corrected chi connectivity index (χ3v) is 6.94. The predicted molar refractivity (Wildman–Crippen MR) is 155 cm³/mol. The van der Waals surface area contributed by atoms with Crippen LogP contribution in [-0.4, -0.2) is 40.6 Å². The lowest BCUT2D eigenvalue weighted by Crippen LogP contribution is -2.41. The van der Waals surface area contributed by atoms with E-state index < -0.39 is 6.04 Å².